The molecule has 0 bridgehead atoms. The summed E-state index contributed by atoms with van der Waals surface area (Å²) in [6, 6.07) is 6.57. The van der Waals surface area contributed by atoms with Gasteiger partial charge in [-0.25, -0.2) is 9.67 Å². The van der Waals surface area contributed by atoms with Crippen molar-refractivity contribution in [1.29, 1.82) is 0 Å². The van der Waals surface area contributed by atoms with Gasteiger partial charge in [-0.05, 0) is 57.4 Å². The molecule has 3 aromatic rings. The Kier molecular flexibility index (Phi) is 5.09. The zero-order valence-electron chi connectivity index (χ0n) is 16.9. The summed E-state index contributed by atoms with van der Waals surface area (Å²) in [7, 11) is 0. The molecule has 4 rings (SSSR count). The molecule has 0 aliphatic carbocycles. The number of aromatic nitrogens is 5. The summed E-state index contributed by atoms with van der Waals surface area (Å²) in [6.07, 6.45) is 4.77. The zero-order chi connectivity index (χ0) is 19.7. The van der Waals surface area contributed by atoms with Crippen LogP contribution in [0.25, 0.3) is 5.69 Å². The highest BCUT2D eigenvalue weighted by atomic mass is 16.5. The highest BCUT2D eigenvalue weighted by Crippen LogP contribution is 2.24. The molecule has 7 heteroatoms. The minimum atomic E-state index is 0.358. The summed E-state index contributed by atoms with van der Waals surface area (Å²) in [6.45, 7) is 10.8. The van der Waals surface area contributed by atoms with Gasteiger partial charge in [0.1, 0.15) is 12.3 Å². The average molecular weight is 378 g/mol. The third kappa shape index (κ3) is 3.75. The average Bonchev–Trinajstić information content (AvgIpc) is 3.06. The first-order valence-electron chi connectivity index (χ1n) is 9.70. The van der Waals surface area contributed by atoms with Crippen molar-refractivity contribution in [2.45, 2.75) is 53.3 Å². The Hall–Kier alpha value is -2.80. The molecule has 146 valence electrons. The number of ether oxygens (including phenoxy) is 1. The molecule has 0 aromatic carbocycles. The standard InChI is InChI=1S/C21H26N6O/c1-14(2)26-8-7-17-9-21(23-10-18(17)12-26)28-13-20-16(4)24-25-27(20)19-6-5-15(3)22-11-19/h5-6,9-11,14H,7-8,12-13H2,1-4H3. The van der Waals surface area contributed by atoms with Gasteiger partial charge in [-0.1, -0.05) is 5.21 Å². The van der Waals surface area contributed by atoms with Crippen molar-refractivity contribution in [2.24, 2.45) is 0 Å². The van der Waals surface area contributed by atoms with E-state index in [0.717, 1.165) is 42.3 Å². The lowest BCUT2D eigenvalue weighted by molar-refractivity contribution is 0.202. The van der Waals surface area contributed by atoms with E-state index in [1.54, 1.807) is 10.9 Å². The van der Waals surface area contributed by atoms with Gasteiger partial charge in [0.05, 0.1) is 17.6 Å². The highest BCUT2D eigenvalue weighted by Gasteiger charge is 2.19. The minimum absolute atomic E-state index is 0.358. The second kappa shape index (κ2) is 7.67. The van der Waals surface area contributed by atoms with Crippen LogP contribution in [0.3, 0.4) is 0 Å². The Balaban J connectivity index is 1.50. The molecule has 0 fully saturated rings. The van der Waals surface area contributed by atoms with Gasteiger partial charge < -0.3 is 4.74 Å². The molecular weight excluding hydrogens is 352 g/mol. The second-order valence-corrected chi connectivity index (χ2v) is 7.59. The third-order valence-corrected chi connectivity index (χ3v) is 5.28. The lowest BCUT2D eigenvalue weighted by Crippen LogP contribution is -2.35. The van der Waals surface area contributed by atoms with Gasteiger partial charge in [0.15, 0.2) is 0 Å². The molecule has 0 radical (unpaired) electrons. The third-order valence-electron chi connectivity index (χ3n) is 5.28. The van der Waals surface area contributed by atoms with Crippen LogP contribution in [0, 0.1) is 13.8 Å². The molecule has 0 saturated carbocycles. The summed E-state index contributed by atoms with van der Waals surface area (Å²) >= 11 is 0. The topological polar surface area (TPSA) is 69.0 Å². The van der Waals surface area contributed by atoms with Crippen molar-refractivity contribution in [2.75, 3.05) is 6.54 Å². The molecule has 0 spiro atoms. The Morgan fingerprint density at radius 3 is 2.71 bits per heavy atom. The van der Waals surface area contributed by atoms with Crippen LogP contribution < -0.4 is 4.74 Å². The fourth-order valence-corrected chi connectivity index (χ4v) is 3.44. The van der Waals surface area contributed by atoms with E-state index in [4.69, 9.17) is 4.74 Å². The van der Waals surface area contributed by atoms with Crippen LogP contribution in [-0.2, 0) is 19.6 Å². The fourth-order valence-electron chi connectivity index (χ4n) is 3.44. The SMILES string of the molecule is Cc1ccc(-n2nnc(C)c2COc2cc3c(cn2)CN(C(C)C)CC3)cn1. The number of aryl methyl sites for hydroxylation is 2. The molecule has 4 heterocycles. The quantitative estimate of drug-likeness (QED) is 0.680. The predicted octanol–water partition coefficient (Wildman–Crippen LogP) is 3.02. The molecule has 1 aliphatic heterocycles. The van der Waals surface area contributed by atoms with E-state index < -0.39 is 0 Å². The minimum Gasteiger partial charge on any atom is -0.471 e. The van der Waals surface area contributed by atoms with Gasteiger partial charge in [-0.2, -0.15) is 0 Å². The zero-order valence-corrected chi connectivity index (χ0v) is 16.9. The van der Waals surface area contributed by atoms with E-state index in [2.05, 4.69) is 45.1 Å². The molecule has 28 heavy (non-hydrogen) atoms. The van der Waals surface area contributed by atoms with Crippen molar-refractivity contribution in [3.8, 4) is 11.6 Å². The molecule has 3 aromatic heterocycles. The lowest BCUT2D eigenvalue weighted by atomic mass is 10.0. The van der Waals surface area contributed by atoms with Crippen LogP contribution in [0.2, 0.25) is 0 Å². The van der Waals surface area contributed by atoms with Gasteiger partial charge in [0, 0.05) is 37.1 Å². The summed E-state index contributed by atoms with van der Waals surface area (Å²) in [5, 5.41) is 8.45. The van der Waals surface area contributed by atoms with Crippen molar-refractivity contribution >= 4 is 0 Å². The van der Waals surface area contributed by atoms with Gasteiger partial charge in [-0.15, -0.1) is 5.10 Å². The van der Waals surface area contributed by atoms with Crippen LogP contribution in [0.5, 0.6) is 5.88 Å². The van der Waals surface area contributed by atoms with Crippen molar-refractivity contribution in [3.63, 3.8) is 0 Å². The molecule has 0 amide bonds. The van der Waals surface area contributed by atoms with Gasteiger partial charge in [0.25, 0.3) is 0 Å². The highest BCUT2D eigenvalue weighted by molar-refractivity contribution is 5.33. The number of hydrogen-bond acceptors (Lipinski definition) is 6. The molecule has 0 N–H and O–H groups in total. The first-order valence-corrected chi connectivity index (χ1v) is 9.70. The first-order chi connectivity index (χ1) is 13.5. The van der Waals surface area contributed by atoms with Crippen LogP contribution in [0.4, 0.5) is 0 Å². The number of pyridine rings is 2. The van der Waals surface area contributed by atoms with E-state index in [1.807, 2.05) is 32.2 Å². The van der Waals surface area contributed by atoms with E-state index >= 15 is 0 Å². The smallest absolute Gasteiger partial charge is 0.213 e. The molecule has 1 aliphatic rings. The van der Waals surface area contributed by atoms with Crippen LogP contribution in [-0.4, -0.2) is 42.4 Å². The van der Waals surface area contributed by atoms with E-state index in [1.165, 1.54) is 11.1 Å². The first kappa shape index (κ1) is 18.6. The lowest BCUT2D eigenvalue weighted by Gasteiger charge is -2.31. The number of nitrogens with zero attached hydrogens (tertiary/aromatic N) is 6. The monoisotopic (exact) mass is 378 g/mol. The predicted molar refractivity (Wildman–Crippen MR) is 106 cm³/mol. The summed E-state index contributed by atoms with van der Waals surface area (Å²) < 4.78 is 7.79. The number of rotatable bonds is 5. The van der Waals surface area contributed by atoms with E-state index in [9.17, 15) is 0 Å². The van der Waals surface area contributed by atoms with Crippen molar-refractivity contribution < 1.29 is 4.74 Å². The molecule has 7 nitrogen and oxygen atoms in total. The van der Waals surface area contributed by atoms with E-state index in [0.29, 0.717) is 18.5 Å². The molecule has 0 saturated heterocycles. The van der Waals surface area contributed by atoms with Crippen LogP contribution >= 0.6 is 0 Å². The molecule has 0 unspecified atom stereocenters. The molecule has 0 atom stereocenters. The number of fused-ring (bicyclic) bond motifs is 1. The van der Waals surface area contributed by atoms with Crippen LogP contribution in [0.15, 0.2) is 30.6 Å². The normalized spacial score (nSPS) is 14.3. The maximum atomic E-state index is 6.01. The van der Waals surface area contributed by atoms with Gasteiger partial charge >= 0.3 is 0 Å². The fraction of sp³-hybridized carbons (Fsp3) is 0.429. The molecular formula is C21H26N6O. The largest absolute Gasteiger partial charge is 0.471 e. The summed E-state index contributed by atoms with van der Waals surface area (Å²) in [4.78, 5) is 11.3. The Labute approximate surface area is 165 Å². The van der Waals surface area contributed by atoms with Crippen molar-refractivity contribution in [1.82, 2.24) is 29.9 Å². The second-order valence-electron chi connectivity index (χ2n) is 7.59. The van der Waals surface area contributed by atoms with Crippen LogP contribution in [0.1, 0.15) is 42.1 Å². The van der Waals surface area contributed by atoms with E-state index in [-0.39, 0.29) is 0 Å². The van der Waals surface area contributed by atoms with Crippen molar-refractivity contribution in [3.05, 3.63) is 58.8 Å². The Bertz CT molecular complexity index is 964. The van der Waals surface area contributed by atoms with Gasteiger partial charge in [-0.3, -0.25) is 9.88 Å². The summed E-state index contributed by atoms with van der Waals surface area (Å²) in [5.41, 5.74) is 6.20. The Morgan fingerprint density at radius 1 is 1.11 bits per heavy atom. The van der Waals surface area contributed by atoms with Gasteiger partial charge in [0.2, 0.25) is 5.88 Å². The summed E-state index contributed by atoms with van der Waals surface area (Å²) in [5.74, 6) is 0.644. The maximum Gasteiger partial charge on any atom is 0.213 e. The number of hydrogen-bond donors (Lipinski definition) is 0. The Morgan fingerprint density at radius 2 is 1.96 bits per heavy atom. The maximum absolute atomic E-state index is 6.01.